The topological polar surface area (TPSA) is 6.48 Å². The zero-order chi connectivity index (χ0) is 12.2. The molecule has 2 heterocycles. The van der Waals surface area contributed by atoms with Gasteiger partial charge < -0.3 is 0 Å². The van der Waals surface area contributed by atoms with E-state index >= 15 is 0 Å². The first kappa shape index (κ1) is 12.4. The van der Waals surface area contributed by atoms with Crippen LogP contribution in [0.25, 0.3) is 0 Å². The molecule has 0 aliphatic carbocycles. The SMILES string of the molecule is CC(C)(C)N1CC[C@@]2(CCN2C(C)(C)C)C1. The Kier molecular flexibility index (Phi) is 2.67. The maximum atomic E-state index is 2.73. The van der Waals surface area contributed by atoms with E-state index < -0.39 is 0 Å². The average molecular weight is 224 g/mol. The van der Waals surface area contributed by atoms with Crippen LogP contribution in [0.15, 0.2) is 0 Å². The van der Waals surface area contributed by atoms with E-state index in [1.54, 1.807) is 0 Å². The molecule has 2 nitrogen and oxygen atoms in total. The van der Waals surface area contributed by atoms with E-state index in [-0.39, 0.29) is 0 Å². The van der Waals surface area contributed by atoms with Gasteiger partial charge in [-0.1, -0.05) is 0 Å². The monoisotopic (exact) mass is 224 g/mol. The molecule has 0 aromatic heterocycles. The van der Waals surface area contributed by atoms with E-state index in [4.69, 9.17) is 0 Å². The summed E-state index contributed by atoms with van der Waals surface area (Å²) in [4.78, 5) is 5.39. The minimum Gasteiger partial charge on any atom is -0.297 e. The van der Waals surface area contributed by atoms with Gasteiger partial charge in [-0.3, -0.25) is 9.80 Å². The first-order valence-corrected chi connectivity index (χ1v) is 6.68. The second-order valence-corrected chi connectivity index (χ2v) is 7.64. The molecule has 2 saturated heterocycles. The van der Waals surface area contributed by atoms with Crippen LogP contribution in [-0.2, 0) is 0 Å². The molecule has 0 N–H and O–H groups in total. The van der Waals surface area contributed by atoms with Gasteiger partial charge in [0.25, 0.3) is 0 Å². The number of rotatable bonds is 0. The van der Waals surface area contributed by atoms with Crippen LogP contribution in [0, 0.1) is 0 Å². The van der Waals surface area contributed by atoms with Crippen molar-refractivity contribution in [3.05, 3.63) is 0 Å². The molecule has 2 heteroatoms. The van der Waals surface area contributed by atoms with Gasteiger partial charge in [-0.15, -0.1) is 0 Å². The smallest absolute Gasteiger partial charge is 0.0366 e. The average Bonchev–Trinajstić information content (AvgIpc) is 2.42. The fourth-order valence-corrected chi connectivity index (χ4v) is 3.44. The minimum atomic E-state index is 0.336. The highest BCUT2D eigenvalue weighted by Crippen LogP contribution is 2.44. The van der Waals surface area contributed by atoms with Crippen LogP contribution in [0.3, 0.4) is 0 Å². The van der Waals surface area contributed by atoms with Crippen molar-refractivity contribution in [1.29, 1.82) is 0 Å². The lowest BCUT2D eigenvalue weighted by Gasteiger charge is -2.57. The molecule has 0 aromatic rings. The van der Waals surface area contributed by atoms with Crippen LogP contribution >= 0.6 is 0 Å². The molecular formula is C14H28N2. The largest absolute Gasteiger partial charge is 0.297 e. The van der Waals surface area contributed by atoms with Crippen molar-refractivity contribution in [1.82, 2.24) is 9.80 Å². The Morgan fingerprint density at radius 3 is 1.69 bits per heavy atom. The van der Waals surface area contributed by atoms with E-state index in [1.165, 1.54) is 32.5 Å². The molecule has 2 fully saturated rings. The van der Waals surface area contributed by atoms with Gasteiger partial charge in [-0.05, 0) is 54.4 Å². The second-order valence-electron chi connectivity index (χ2n) is 7.64. The van der Waals surface area contributed by atoms with Gasteiger partial charge in [0.2, 0.25) is 0 Å². The maximum absolute atomic E-state index is 2.73. The number of likely N-dealkylation sites (tertiary alicyclic amines) is 2. The predicted molar refractivity (Wildman–Crippen MR) is 69.8 cm³/mol. The molecule has 0 aromatic carbocycles. The quantitative estimate of drug-likeness (QED) is 0.624. The molecule has 1 spiro atoms. The zero-order valence-electron chi connectivity index (χ0n) is 11.9. The molecule has 94 valence electrons. The Hall–Kier alpha value is -0.0800. The third-order valence-electron chi connectivity index (χ3n) is 4.46. The van der Waals surface area contributed by atoms with E-state index in [9.17, 15) is 0 Å². The van der Waals surface area contributed by atoms with Crippen LogP contribution in [-0.4, -0.2) is 46.1 Å². The standard InChI is InChI=1S/C14H28N2/c1-12(2,3)15-9-7-14(11-15)8-10-16(14)13(4,5)6/h7-11H2,1-6H3/t14-/m1/s1. The van der Waals surface area contributed by atoms with Crippen molar-refractivity contribution in [3.8, 4) is 0 Å². The highest BCUT2D eigenvalue weighted by Gasteiger charge is 2.53. The Morgan fingerprint density at radius 2 is 1.38 bits per heavy atom. The molecule has 0 unspecified atom stereocenters. The van der Waals surface area contributed by atoms with Gasteiger partial charge >= 0.3 is 0 Å². The van der Waals surface area contributed by atoms with Crippen LogP contribution in [0.1, 0.15) is 54.4 Å². The highest BCUT2D eigenvalue weighted by molar-refractivity contribution is 5.10. The second kappa shape index (κ2) is 3.46. The molecule has 0 saturated carbocycles. The van der Waals surface area contributed by atoms with E-state index in [0.717, 1.165) is 0 Å². The first-order valence-electron chi connectivity index (χ1n) is 6.68. The molecule has 0 amide bonds. The van der Waals surface area contributed by atoms with Crippen molar-refractivity contribution in [3.63, 3.8) is 0 Å². The maximum Gasteiger partial charge on any atom is 0.0366 e. The van der Waals surface area contributed by atoms with Gasteiger partial charge in [0.15, 0.2) is 0 Å². The van der Waals surface area contributed by atoms with Crippen LogP contribution < -0.4 is 0 Å². The summed E-state index contributed by atoms with van der Waals surface area (Å²) in [5.41, 5.74) is 1.18. The lowest BCUT2D eigenvalue weighted by atomic mass is 9.79. The lowest BCUT2D eigenvalue weighted by molar-refractivity contribution is -0.0768. The normalized spacial score (nSPS) is 33.4. The van der Waals surface area contributed by atoms with Crippen molar-refractivity contribution in [2.45, 2.75) is 71.0 Å². The summed E-state index contributed by atoms with van der Waals surface area (Å²) in [7, 11) is 0. The number of hydrogen-bond donors (Lipinski definition) is 0. The van der Waals surface area contributed by atoms with Crippen LogP contribution in [0.2, 0.25) is 0 Å². The van der Waals surface area contributed by atoms with Crippen molar-refractivity contribution in [2.24, 2.45) is 0 Å². The summed E-state index contributed by atoms with van der Waals surface area (Å²) in [5, 5.41) is 0. The summed E-state index contributed by atoms with van der Waals surface area (Å²) in [6, 6.07) is 0. The van der Waals surface area contributed by atoms with Gasteiger partial charge in [0, 0.05) is 36.3 Å². The predicted octanol–water partition coefficient (Wildman–Crippen LogP) is 2.73. The Labute approximate surface area is 101 Å². The molecule has 2 aliphatic rings. The van der Waals surface area contributed by atoms with E-state index in [2.05, 4.69) is 51.3 Å². The van der Waals surface area contributed by atoms with Crippen LogP contribution in [0.5, 0.6) is 0 Å². The van der Waals surface area contributed by atoms with E-state index in [1.807, 2.05) is 0 Å². The number of hydrogen-bond acceptors (Lipinski definition) is 2. The van der Waals surface area contributed by atoms with Gasteiger partial charge in [0.05, 0.1) is 0 Å². The fourth-order valence-electron chi connectivity index (χ4n) is 3.44. The van der Waals surface area contributed by atoms with Crippen LogP contribution in [0.4, 0.5) is 0 Å². The molecular weight excluding hydrogens is 196 g/mol. The number of nitrogens with zero attached hydrogens (tertiary/aromatic N) is 2. The minimum absolute atomic E-state index is 0.336. The molecule has 0 radical (unpaired) electrons. The van der Waals surface area contributed by atoms with Gasteiger partial charge in [-0.2, -0.15) is 0 Å². The molecule has 2 aliphatic heterocycles. The van der Waals surface area contributed by atoms with Gasteiger partial charge in [-0.25, -0.2) is 0 Å². The third kappa shape index (κ3) is 1.91. The fraction of sp³-hybridized carbons (Fsp3) is 1.00. The Balaban J connectivity index is 2.08. The molecule has 2 rings (SSSR count). The summed E-state index contributed by atoms with van der Waals surface area (Å²) < 4.78 is 0. The van der Waals surface area contributed by atoms with Crippen molar-refractivity contribution >= 4 is 0 Å². The highest BCUT2D eigenvalue weighted by atomic mass is 15.4. The van der Waals surface area contributed by atoms with Crippen molar-refractivity contribution in [2.75, 3.05) is 19.6 Å². The third-order valence-corrected chi connectivity index (χ3v) is 4.46. The van der Waals surface area contributed by atoms with E-state index in [0.29, 0.717) is 16.6 Å². The summed E-state index contributed by atoms with van der Waals surface area (Å²) >= 11 is 0. The molecule has 0 bridgehead atoms. The van der Waals surface area contributed by atoms with Crippen molar-refractivity contribution < 1.29 is 0 Å². The summed E-state index contributed by atoms with van der Waals surface area (Å²) in [6.45, 7) is 17.9. The van der Waals surface area contributed by atoms with Gasteiger partial charge in [0.1, 0.15) is 0 Å². The lowest BCUT2D eigenvalue weighted by Crippen LogP contribution is -2.67. The molecule has 1 atom stereocenters. The zero-order valence-corrected chi connectivity index (χ0v) is 11.9. The Bertz CT molecular complexity index is 271. The summed E-state index contributed by atoms with van der Waals surface area (Å²) in [6.07, 6.45) is 2.76. The Morgan fingerprint density at radius 1 is 0.812 bits per heavy atom. The first-order chi connectivity index (χ1) is 7.15. The molecule has 16 heavy (non-hydrogen) atoms. The summed E-state index contributed by atoms with van der Waals surface area (Å²) in [5.74, 6) is 0.